The average Bonchev–Trinajstić information content (AvgIpc) is 2.29. The number of amides is 1. The molecule has 1 amide bonds. The molecule has 0 aliphatic carbocycles. The number of rotatable bonds is 5. The molecule has 2 N–H and O–H groups in total. The van der Waals surface area contributed by atoms with Gasteiger partial charge in [-0.15, -0.1) is 11.8 Å². The monoisotopic (exact) mass is 245 g/mol. The maximum Gasteiger partial charge on any atom is 0.326 e. The van der Waals surface area contributed by atoms with Crippen LogP contribution in [-0.2, 0) is 9.59 Å². The number of carbonyl (C=O) groups is 2. The molecule has 1 fully saturated rings. The highest BCUT2D eigenvalue weighted by atomic mass is 32.2. The molecule has 0 aromatic carbocycles. The van der Waals surface area contributed by atoms with E-state index in [9.17, 15) is 9.59 Å². The third-order valence-electron chi connectivity index (χ3n) is 2.66. The maximum absolute atomic E-state index is 11.8. The van der Waals surface area contributed by atoms with E-state index in [0.717, 1.165) is 31.4 Å². The van der Waals surface area contributed by atoms with Gasteiger partial charge in [-0.05, 0) is 25.0 Å². The van der Waals surface area contributed by atoms with E-state index in [-0.39, 0.29) is 11.2 Å². The summed E-state index contributed by atoms with van der Waals surface area (Å²) in [5.41, 5.74) is 0. The fourth-order valence-corrected chi connectivity index (χ4v) is 2.97. The van der Waals surface area contributed by atoms with Gasteiger partial charge >= 0.3 is 5.97 Å². The van der Waals surface area contributed by atoms with E-state index < -0.39 is 12.0 Å². The molecule has 0 aromatic heterocycles. The molecule has 1 aliphatic heterocycles. The zero-order valence-electron chi connectivity index (χ0n) is 9.57. The van der Waals surface area contributed by atoms with Gasteiger partial charge in [-0.25, -0.2) is 4.79 Å². The standard InChI is InChI=1S/C11H19NO3S/c1-2-5-8(11(14)15)12-10(13)9-6-3-4-7-16-9/h8-9H,2-7H2,1H3,(H,12,13)(H,14,15)/t8-,9?/m1/s1. The van der Waals surface area contributed by atoms with Crippen molar-refractivity contribution in [2.24, 2.45) is 0 Å². The Morgan fingerprint density at radius 1 is 1.50 bits per heavy atom. The summed E-state index contributed by atoms with van der Waals surface area (Å²) in [5, 5.41) is 11.5. The number of carboxylic acids is 1. The molecule has 1 unspecified atom stereocenters. The Morgan fingerprint density at radius 2 is 2.25 bits per heavy atom. The summed E-state index contributed by atoms with van der Waals surface area (Å²) in [5.74, 6) is -0.0366. The second-order valence-electron chi connectivity index (χ2n) is 4.04. The van der Waals surface area contributed by atoms with Crippen LogP contribution >= 0.6 is 11.8 Å². The summed E-state index contributed by atoms with van der Waals surface area (Å²) in [7, 11) is 0. The molecule has 0 saturated carbocycles. The van der Waals surface area contributed by atoms with Crippen LogP contribution in [0.15, 0.2) is 0 Å². The molecule has 1 rings (SSSR count). The second-order valence-corrected chi connectivity index (χ2v) is 5.35. The first-order valence-electron chi connectivity index (χ1n) is 5.80. The van der Waals surface area contributed by atoms with Gasteiger partial charge in [0.05, 0.1) is 5.25 Å². The highest BCUT2D eigenvalue weighted by Crippen LogP contribution is 2.25. The van der Waals surface area contributed by atoms with Crippen molar-refractivity contribution in [2.75, 3.05) is 5.75 Å². The molecule has 16 heavy (non-hydrogen) atoms. The second kappa shape index (κ2) is 6.78. The van der Waals surface area contributed by atoms with Crippen LogP contribution in [0.3, 0.4) is 0 Å². The first-order valence-corrected chi connectivity index (χ1v) is 6.84. The molecule has 0 aromatic rings. The molecule has 1 aliphatic rings. The summed E-state index contributed by atoms with van der Waals surface area (Å²) in [6.07, 6.45) is 4.35. The summed E-state index contributed by atoms with van der Waals surface area (Å²) in [6.45, 7) is 1.91. The first kappa shape index (κ1) is 13.4. The van der Waals surface area contributed by atoms with Crippen LogP contribution in [0.5, 0.6) is 0 Å². The number of nitrogens with one attached hydrogen (secondary N) is 1. The maximum atomic E-state index is 11.8. The Morgan fingerprint density at radius 3 is 2.75 bits per heavy atom. The van der Waals surface area contributed by atoms with Crippen LogP contribution in [0.1, 0.15) is 39.0 Å². The lowest BCUT2D eigenvalue weighted by Gasteiger charge is -2.22. The molecular formula is C11H19NO3S. The number of carboxylic acid groups (broad SMARTS) is 1. The molecule has 1 heterocycles. The Balaban J connectivity index is 2.43. The Kier molecular flexibility index (Phi) is 5.66. The molecule has 0 spiro atoms. The van der Waals surface area contributed by atoms with E-state index in [4.69, 9.17) is 5.11 Å². The number of aliphatic carboxylic acids is 1. The third-order valence-corrected chi connectivity index (χ3v) is 4.04. The van der Waals surface area contributed by atoms with Gasteiger partial charge in [-0.1, -0.05) is 19.8 Å². The fraction of sp³-hybridized carbons (Fsp3) is 0.818. The number of thioether (sulfide) groups is 1. The van der Waals surface area contributed by atoms with Gasteiger partial charge in [0.25, 0.3) is 0 Å². The topological polar surface area (TPSA) is 66.4 Å². The van der Waals surface area contributed by atoms with E-state index in [2.05, 4.69) is 5.32 Å². The molecule has 5 heteroatoms. The zero-order chi connectivity index (χ0) is 12.0. The highest BCUT2D eigenvalue weighted by molar-refractivity contribution is 8.00. The number of hydrogen-bond acceptors (Lipinski definition) is 3. The lowest BCUT2D eigenvalue weighted by atomic mass is 10.1. The molecule has 0 bridgehead atoms. The SMILES string of the molecule is CCC[C@@H](NC(=O)C1CCCCS1)C(=O)O. The lowest BCUT2D eigenvalue weighted by Crippen LogP contribution is -2.45. The van der Waals surface area contributed by atoms with E-state index in [1.807, 2.05) is 6.92 Å². The third kappa shape index (κ3) is 4.04. The fourth-order valence-electron chi connectivity index (χ4n) is 1.76. The predicted molar refractivity (Wildman–Crippen MR) is 64.6 cm³/mol. The predicted octanol–water partition coefficient (Wildman–Crippen LogP) is 1.64. The van der Waals surface area contributed by atoms with Gasteiger partial charge in [0.1, 0.15) is 6.04 Å². The Bertz CT molecular complexity index is 252. The summed E-state index contributed by atoms with van der Waals surface area (Å²) < 4.78 is 0. The van der Waals surface area contributed by atoms with Crippen LogP contribution in [0, 0.1) is 0 Å². The van der Waals surface area contributed by atoms with Gasteiger partial charge in [-0.2, -0.15) is 0 Å². The van der Waals surface area contributed by atoms with Crippen LogP contribution in [0.2, 0.25) is 0 Å². The zero-order valence-corrected chi connectivity index (χ0v) is 10.4. The van der Waals surface area contributed by atoms with Gasteiger partial charge in [0.15, 0.2) is 0 Å². The lowest BCUT2D eigenvalue weighted by molar-refractivity contribution is -0.142. The van der Waals surface area contributed by atoms with Crippen LogP contribution in [0.25, 0.3) is 0 Å². The van der Waals surface area contributed by atoms with Crippen molar-refractivity contribution in [3.63, 3.8) is 0 Å². The largest absolute Gasteiger partial charge is 0.480 e. The van der Waals surface area contributed by atoms with Crippen molar-refractivity contribution >= 4 is 23.6 Å². The van der Waals surface area contributed by atoms with Crippen molar-refractivity contribution < 1.29 is 14.7 Å². The number of carbonyl (C=O) groups excluding carboxylic acids is 1. The minimum Gasteiger partial charge on any atom is -0.480 e. The van der Waals surface area contributed by atoms with E-state index >= 15 is 0 Å². The van der Waals surface area contributed by atoms with Gasteiger partial charge in [0, 0.05) is 0 Å². The number of hydrogen-bond donors (Lipinski definition) is 2. The summed E-state index contributed by atoms with van der Waals surface area (Å²) >= 11 is 1.64. The van der Waals surface area contributed by atoms with Crippen molar-refractivity contribution in [1.82, 2.24) is 5.32 Å². The molecule has 0 radical (unpaired) electrons. The smallest absolute Gasteiger partial charge is 0.326 e. The minimum absolute atomic E-state index is 0.0487. The van der Waals surface area contributed by atoms with Gasteiger partial charge in [0.2, 0.25) is 5.91 Å². The van der Waals surface area contributed by atoms with E-state index in [0.29, 0.717) is 6.42 Å². The van der Waals surface area contributed by atoms with Crippen LogP contribution < -0.4 is 5.32 Å². The van der Waals surface area contributed by atoms with E-state index in [1.165, 1.54) is 0 Å². The van der Waals surface area contributed by atoms with Crippen molar-refractivity contribution in [3.8, 4) is 0 Å². The van der Waals surface area contributed by atoms with Crippen molar-refractivity contribution in [1.29, 1.82) is 0 Å². The highest BCUT2D eigenvalue weighted by Gasteiger charge is 2.26. The molecular weight excluding hydrogens is 226 g/mol. The average molecular weight is 245 g/mol. The van der Waals surface area contributed by atoms with Crippen molar-refractivity contribution in [2.45, 2.75) is 50.3 Å². The molecule has 1 saturated heterocycles. The normalized spacial score (nSPS) is 22.4. The van der Waals surface area contributed by atoms with Crippen LogP contribution in [-0.4, -0.2) is 34.0 Å². The molecule has 2 atom stereocenters. The van der Waals surface area contributed by atoms with E-state index in [1.54, 1.807) is 11.8 Å². The first-order chi connectivity index (χ1) is 7.65. The van der Waals surface area contributed by atoms with Crippen molar-refractivity contribution in [3.05, 3.63) is 0 Å². The summed E-state index contributed by atoms with van der Waals surface area (Å²) in [4.78, 5) is 22.7. The minimum atomic E-state index is -0.934. The van der Waals surface area contributed by atoms with Gasteiger partial charge in [-0.3, -0.25) is 4.79 Å². The quantitative estimate of drug-likeness (QED) is 0.772. The molecule has 92 valence electrons. The van der Waals surface area contributed by atoms with Gasteiger partial charge < -0.3 is 10.4 Å². The summed E-state index contributed by atoms with van der Waals surface area (Å²) in [6, 6.07) is -0.722. The van der Waals surface area contributed by atoms with Crippen LogP contribution in [0.4, 0.5) is 0 Å². The Hall–Kier alpha value is -0.710. The molecule has 4 nitrogen and oxygen atoms in total. The Labute approximate surface area is 100 Å².